The number of hydrogen-bond acceptors (Lipinski definition) is 5. The summed E-state index contributed by atoms with van der Waals surface area (Å²) in [5.74, 6) is -0.787. The van der Waals surface area contributed by atoms with E-state index in [4.69, 9.17) is 10.5 Å². The molecule has 0 aliphatic rings. The number of benzene rings is 1. The summed E-state index contributed by atoms with van der Waals surface area (Å²) in [6.45, 7) is 1.80. The number of pyridine rings is 1. The van der Waals surface area contributed by atoms with Crippen LogP contribution < -0.4 is 10.5 Å². The Kier molecular flexibility index (Phi) is 3.90. The highest BCUT2D eigenvalue weighted by Gasteiger charge is 2.13. The number of aromatic nitrogens is 1. The first-order chi connectivity index (χ1) is 9.47. The third-order valence-electron chi connectivity index (χ3n) is 2.63. The molecule has 1 atom stereocenters. The summed E-state index contributed by atoms with van der Waals surface area (Å²) >= 11 is 0. The Balaban J connectivity index is 2.26. The summed E-state index contributed by atoms with van der Waals surface area (Å²) < 4.78 is 18.9. The molecule has 2 N–H and O–H groups in total. The second-order valence-corrected chi connectivity index (χ2v) is 4.19. The number of nitro groups is 1. The van der Waals surface area contributed by atoms with Crippen LogP contribution in [-0.4, -0.2) is 9.91 Å². The highest BCUT2D eigenvalue weighted by molar-refractivity contribution is 5.39. The van der Waals surface area contributed by atoms with E-state index in [1.165, 1.54) is 12.3 Å². The predicted octanol–water partition coefficient (Wildman–Crippen LogP) is 2.94. The molecule has 0 bridgehead atoms. The van der Waals surface area contributed by atoms with Crippen molar-refractivity contribution in [1.29, 1.82) is 0 Å². The van der Waals surface area contributed by atoms with E-state index in [0.29, 0.717) is 0 Å². The van der Waals surface area contributed by atoms with Crippen LogP contribution >= 0.6 is 0 Å². The van der Waals surface area contributed by atoms with Crippen LogP contribution in [0.5, 0.6) is 11.6 Å². The summed E-state index contributed by atoms with van der Waals surface area (Å²) in [6, 6.07) is 6.25. The molecular formula is C13H12FN3O3. The first-order valence-electron chi connectivity index (χ1n) is 5.80. The van der Waals surface area contributed by atoms with Gasteiger partial charge in [-0.3, -0.25) is 10.1 Å². The van der Waals surface area contributed by atoms with Crippen molar-refractivity contribution < 1.29 is 14.1 Å². The second-order valence-electron chi connectivity index (χ2n) is 4.19. The molecule has 104 valence electrons. The maximum Gasteiger partial charge on any atom is 0.272 e. The number of non-ortho nitro benzene ring substituents is 1. The molecule has 1 unspecified atom stereocenters. The lowest BCUT2D eigenvalue weighted by Gasteiger charge is -2.09. The van der Waals surface area contributed by atoms with E-state index in [2.05, 4.69) is 4.98 Å². The Labute approximate surface area is 114 Å². The van der Waals surface area contributed by atoms with Gasteiger partial charge in [0.1, 0.15) is 0 Å². The molecule has 1 aromatic carbocycles. The quantitative estimate of drug-likeness (QED) is 0.685. The summed E-state index contributed by atoms with van der Waals surface area (Å²) in [4.78, 5) is 13.8. The van der Waals surface area contributed by atoms with Gasteiger partial charge in [-0.05, 0) is 24.6 Å². The minimum atomic E-state index is -0.827. The Bertz CT molecular complexity index is 647. The van der Waals surface area contributed by atoms with Crippen molar-refractivity contribution in [2.24, 2.45) is 5.73 Å². The fourth-order valence-electron chi connectivity index (χ4n) is 1.56. The number of ether oxygens (including phenoxy) is 1. The lowest BCUT2D eigenvalue weighted by atomic mass is 10.1. The largest absolute Gasteiger partial charge is 0.436 e. The molecule has 0 fully saturated rings. The molecule has 0 amide bonds. The molecule has 1 heterocycles. The first-order valence-corrected chi connectivity index (χ1v) is 5.80. The van der Waals surface area contributed by atoms with Gasteiger partial charge in [-0.25, -0.2) is 9.37 Å². The number of rotatable bonds is 4. The molecule has 6 nitrogen and oxygen atoms in total. The maximum atomic E-state index is 13.7. The van der Waals surface area contributed by atoms with Gasteiger partial charge in [-0.1, -0.05) is 0 Å². The number of halogens is 1. The van der Waals surface area contributed by atoms with Crippen LogP contribution in [0.1, 0.15) is 18.5 Å². The molecule has 2 rings (SSSR count). The standard InChI is InChI=1S/C13H12FN3O3/c1-8(15)9-4-5-16-13(6-9)20-12-3-2-10(17(18)19)7-11(12)14/h2-8H,15H2,1H3. The molecule has 0 aliphatic carbocycles. The van der Waals surface area contributed by atoms with Crippen molar-refractivity contribution >= 4 is 5.69 Å². The Morgan fingerprint density at radius 2 is 2.15 bits per heavy atom. The molecule has 1 aromatic heterocycles. The van der Waals surface area contributed by atoms with E-state index in [1.807, 2.05) is 0 Å². The zero-order chi connectivity index (χ0) is 14.7. The molecule has 0 aliphatic heterocycles. The SMILES string of the molecule is CC(N)c1ccnc(Oc2ccc([N+](=O)[O-])cc2F)c1. The fourth-order valence-corrected chi connectivity index (χ4v) is 1.56. The molecule has 0 radical (unpaired) electrons. The monoisotopic (exact) mass is 277 g/mol. The molecule has 2 aromatic rings. The van der Waals surface area contributed by atoms with Crippen LogP contribution in [0.4, 0.5) is 10.1 Å². The Morgan fingerprint density at radius 1 is 1.40 bits per heavy atom. The van der Waals surface area contributed by atoms with Crippen molar-refractivity contribution in [2.45, 2.75) is 13.0 Å². The van der Waals surface area contributed by atoms with Gasteiger partial charge in [0.2, 0.25) is 5.88 Å². The summed E-state index contributed by atoms with van der Waals surface area (Å²) in [7, 11) is 0. The fraction of sp³-hybridized carbons (Fsp3) is 0.154. The lowest BCUT2D eigenvalue weighted by Crippen LogP contribution is -2.05. The van der Waals surface area contributed by atoms with Crippen molar-refractivity contribution in [1.82, 2.24) is 4.98 Å². The third kappa shape index (κ3) is 3.07. The molecule has 20 heavy (non-hydrogen) atoms. The van der Waals surface area contributed by atoms with Gasteiger partial charge in [0.15, 0.2) is 11.6 Å². The maximum absolute atomic E-state index is 13.7. The summed E-state index contributed by atoms with van der Waals surface area (Å²) in [6.07, 6.45) is 1.50. The smallest absolute Gasteiger partial charge is 0.272 e. The van der Waals surface area contributed by atoms with Gasteiger partial charge >= 0.3 is 0 Å². The minimum Gasteiger partial charge on any atom is -0.436 e. The highest BCUT2D eigenvalue weighted by atomic mass is 19.1. The number of nitro benzene ring substituents is 1. The summed E-state index contributed by atoms with van der Waals surface area (Å²) in [5, 5.41) is 10.5. The number of nitrogens with zero attached hydrogens (tertiary/aromatic N) is 2. The number of nitrogens with two attached hydrogens (primary N) is 1. The van der Waals surface area contributed by atoms with Gasteiger partial charge in [0.05, 0.1) is 11.0 Å². The minimum absolute atomic E-state index is 0.134. The van der Waals surface area contributed by atoms with E-state index < -0.39 is 10.7 Å². The molecule has 0 spiro atoms. The van der Waals surface area contributed by atoms with E-state index in [1.54, 1.807) is 19.1 Å². The Hall–Kier alpha value is -2.54. The highest BCUT2D eigenvalue weighted by Crippen LogP contribution is 2.27. The lowest BCUT2D eigenvalue weighted by molar-refractivity contribution is -0.385. The van der Waals surface area contributed by atoms with E-state index in [9.17, 15) is 14.5 Å². The van der Waals surface area contributed by atoms with Crippen LogP contribution in [0.2, 0.25) is 0 Å². The number of hydrogen-bond donors (Lipinski definition) is 1. The summed E-state index contributed by atoms with van der Waals surface area (Å²) in [5.41, 5.74) is 6.18. The van der Waals surface area contributed by atoms with Gasteiger partial charge in [0.25, 0.3) is 5.69 Å². The van der Waals surface area contributed by atoms with Crippen LogP contribution in [0.3, 0.4) is 0 Å². The first kappa shape index (κ1) is 13.9. The van der Waals surface area contributed by atoms with Crippen molar-refractivity contribution in [2.75, 3.05) is 0 Å². The average Bonchev–Trinajstić information content (AvgIpc) is 2.41. The average molecular weight is 277 g/mol. The van der Waals surface area contributed by atoms with Crippen LogP contribution in [0.15, 0.2) is 36.5 Å². The van der Waals surface area contributed by atoms with E-state index in [-0.39, 0.29) is 23.4 Å². The van der Waals surface area contributed by atoms with Crippen LogP contribution in [-0.2, 0) is 0 Å². The molecule has 0 saturated heterocycles. The normalized spacial score (nSPS) is 11.9. The van der Waals surface area contributed by atoms with Gasteiger partial charge < -0.3 is 10.5 Å². The topological polar surface area (TPSA) is 91.3 Å². The second kappa shape index (κ2) is 5.62. The van der Waals surface area contributed by atoms with E-state index >= 15 is 0 Å². The van der Waals surface area contributed by atoms with Crippen LogP contribution in [0.25, 0.3) is 0 Å². The third-order valence-corrected chi connectivity index (χ3v) is 2.63. The predicted molar refractivity (Wildman–Crippen MR) is 70.0 cm³/mol. The zero-order valence-corrected chi connectivity index (χ0v) is 10.6. The molecule has 7 heteroatoms. The van der Waals surface area contributed by atoms with Crippen LogP contribution in [0, 0.1) is 15.9 Å². The van der Waals surface area contributed by atoms with Gasteiger partial charge in [0, 0.05) is 24.4 Å². The zero-order valence-electron chi connectivity index (χ0n) is 10.6. The molecular weight excluding hydrogens is 265 g/mol. The van der Waals surface area contributed by atoms with Gasteiger partial charge in [-0.15, -0.1) is 0 Å². The van der Waals surface area contributed by atoms with Crippen molar-refractivity contribution in [3.05, 3.63) is 58.0 Å². The Morgan fingerprint density at radius 3 is 2.75 bits per heavy atom. The van der Waals surface area contributed by atoms with Crippen molar-refractivity contribution in [3.8, 4) is 11.6 Å². The molecule has 0 saturated carbocycles. The van der Waals surface area contributed by atoms with E-state index in [0.717, 1.165) is 17.7 Å². The van der Waals surface area contributed by atoms with Gasteiger partial charge in [-0.2, -0.15) is 0 Å². The van der Waals surface area contributed by atoms with Crippen molar-refractivity contribution in [3.63, 3.8) is 0 Å².